The normalized spacial score (nSPS) is 11.1. The standard InChI is InChI=1S/C18H11BrFNO3/c19-12-6-7-15(14(20)9-12)21-17(22)8-5-11-10-24-16-4-2-1-3-13(16)18(11)23/h1-10H,(H,21,22)/b8-5+. The van der Waals surface area contributed by atoms with Gasteiger partial charge in [0.2, 0.25) is 5.91 Å². The molecule has 0 aliphatic rings. The van der Waals surface area contributed by atoms with Crippen LogP contribution in [0.4, 0.5) is 10.1 Å². The number of hydrogen-bond donors (Lipinski definition) is 1. The highest BCUT2D eigenvalue weighted by Crippen LogP contribution is 2.19. The van der Waals surface area contributed by atoms with Gasteiger partial charge in [0.25, 0.3) is 0 Å². The fourth-order valence-corrected chi connectivity index (χ4v) is 2.47. The molecule has 2 aromatic carbocycles. The number of amides is 1. The molecule has 3 rings (SSSR count). The summed E-state index contributed by atoms with van der Waals surface area (Å²) in [5, 5.41) is 2.84. The lowest BCUT2D eigenvalue weighted by Gasteiger charge is -2.04. The fraction of sp³-hybridized carbons (Fsp3) is 0. The highest BCUT2D eigenvalue weighted by molar-refractivity contribution is 9.10. The van der Waals surface area contributed by atoms with E-state index in [2.05, 4.69) is 21.2 Å². The van der Waals surface area contributed by atoms with Crippen molar-refractivity contribution < 1.29 is 13.6 Å². The summed E-state index contributed by atoms with van der Waals surface area (Å²) in [4.78, 5) is 24.2. The minimum absolute atomic E-state index is 0.0541. The Hall–Kier alpha value is -2.73. The number of fused-ring (bicyclic) bond motifs is 1. The molecule has 0 saturated carbocycles. The number of carbonyl (C=O) groups is 1. The predicted octanol–water partition coefficient (Wildman–Crippen LogP) is 4.35. The Morgan fingerprint density at radius 3 is 2.79 bits per heavy atom. The first kappa shape index (κ1) is 16.1. The highest BCUT2D eigenvalue weighted by atomic mass is 79.9. The molecule has 6 heteroatoms. The van der Waals surface area contributed by atoms with Crippen molar-refractivity contribution in [1.29, 1.82) is 0 Å². The van der Waals surface area contributed by atoms with Crippen molar-refractivity contribution in [2.24, 2.45) is 0 Å². The Labute approximate surface area is 144 Å². The second-order valence-electron chi connectivity index (χ2n) is 4.96. The molecule has 1 aromatic heterocycles. The summed E-state index contributed by atoms with van der Waals surface area (Å²) in [6.07, 6.45) is 3.78. The zero-order valence-electron chi connectivity index (χ0n) is 12.3. The van der Waals surface area contributed by atoms with Gasteiger partial charge in [-0.2, -0.15) is 0 Å². The first-order valence-corrected chi connectivity index (χ1v) is 7.78. The van der Waals surface area contributed by atoms with Gasteiger partial charge in [0.05, 0.1) is 16.6 Å². The van der Waals surface area contributed by atoms with Crippen LogP contribution in [0.25, 0.3) is 17.0 Å². The van der Waals surface area contributed by atoms with Crippen molar-refractivity contribution in [3.8, 4) is 0 Å². The van der Waals surface area contributed by atoms with Gasteiger partial charge < -0.3 is 9.73 Å². The predicted molar refractivity (Wildman–Crippen MR) is 94.2 cm³/mol. The van der Waals surface area contributed by atoms with Crippen molar-refractivity contribution in [3.63, 3.8) is 0 Å². The maximum absolute atomic E-state index is 13.7. The van der Waals surface area contributed by atoms with E-state index in [9.17, 15) is 14.0 Å². The molecule has 4 nitrogen and oxygen atoms in total. The smallest absolute Gasteiger partial charge is 0.248 e. The molecule has 1 amide bonds. The van der Waals surface area contributed by atoms with E-state index < -0.39 is 11.7 Å². The van der Waals surface area contributed by atoms with Crippen LogP contribution in [0, 0.1) is 5.82 Å². The van der Waals surface area contributed by atoms with Crippen LogP contribution < -0.4 is 10.7 Å². The molecule has 0 aliphatic carbocycles. The summed E-state index contributed by atoms with van der Waals surface area (Å²) in [6, 6.07) is 11.1. The van der Waals surface area contributed by atoms with Crippen LogP contribution in [0.15, 0.2) is 68.5 Å². The quantitative estimate of drug-likeness (QED) is 0.679. The number of nitrogens with one attached hydrogen (secondary N) is 1. The topological polar surface area (TPSA) is 59.3 Å². The summed E-state index contributed by atoms with van der Waals surface area (Å²) in [5.74, 6) is -1.11. The van der Waals surface area contributed by atoms with Crippen molar-refractivity contribution in [2.75, 3.05) is 5.32 Å². The molecule has 0 aliphatic heterocycles. The number of para-hydroxylation sites is 1. The van der Waals surface area contributed by atoms with Gasteiger partial charge in [-0.15, -0.1) is 0 Å². The molecule has 1 heterocycles. The third kappa shape index (κ3) is 3.44. The van der Waals surface area contributed by atoms with Crippen molar-refractivity contribution in [1.82, 2.24) is 0 Å². The SMILES string of the molecule is O=C(/C=C/c1coc2ccccc2c1=O)Nc1ccc(Br)cc1F. The van der Waals surface area contributed by atoms with E-state index in [1.54, 1.807) is 30.3 Å². The summed E-state index contributed by atoms with van der Waals surface area (Å²) in [6.45, 7) is 0. The molecular formula is C18H11BrFNO3. The molecule has 0 saturated heterocycles. The second-order valence-corrected chi connectivity index (χ2v) is 5.88. The number of rotatable bonds is 3. The lowest BCUT2D eigenvalue weighted by atomic mass is 10.1. The van der Waals surface area contributed by atoms with E-state index in [4.69, 9.17) is 4.42 Å². The van der Waals surface area contributed by atoms with Crippen molar-refractivity contribution >= 4 is 44.6 Å². The van der Waals surface area contributed by atoms with Crippen LogP contribution in [-0.4, -0.2) is 5.91 Å². The monoisotopic (exact) mass is 387 g/mol. The number of carbonyl (C=O) groups excluding carboxylic acids is 1. The minimum atomic E-state index is -0.559. The number of halogens is 2. The Morgan fingerprint density at radius 2 is 2.00 bits per heavy atom. The zero-order chi connectivity index (χ0) is 17.1. The summed E-state index contributed by atoms with van der Waals surface area (Å²) >= 11 is 3.14. The first-order chi connectivity index (χ1) is 11.5. The van der Waals surface area contributed by atoms with E-state index >= 15 is 0 Å². The fourth-order valence-electron chi connectivity index (χ4n) is 2.14. The first-order valence-electron chi connectivity index (χ1n) is 6.99. The Balaban J connectivity index is 1.81. The number of hydrogen-bond acceptors (Lipinski definition) is 3. The Morgan fingerprint density at radius 1 is 1.21 bits per heavy atom. The van der Waals surface area contributed by atoms with Gasteiger partial charge in [-0.05, 0) is 36.4 Å². The van der Waals surface area contributed by atoms with E-state index in [-0.39, 0.29) is 16.7 Å². The van der Waals surface area contributed by atoms with Crippen LogP contribution in [0.2, 0.25) is 0 Å². The van der Waals surface area contributed by atoms with E-state index in [1.165, 1.54) is 24.5 Å². The van der Waals surface area contributed by atoms with Gasteiger partial charge >= 0.3 is 0 Å². The lowest BCUT2D eigenvalue weighted by Crippen LogP contribution is -2.10. The van der Waals surface area contributed by atoms with Crippen molar-refractivity contribution in [3.05, 3.63) is 80.9 Å². The molecule has 0 radical (unpaired) electrons. The van der Waals surface area contributed by atoms with Gasteiger partial charge in [-0.3, -0.25) is 9.59 Å². The maximum Gasteiger partial charge on any atom is 0.248 e. The maximum atomic E-state index is 13.7. The second kappa shape index (κ2) is 6.80. The van der Waals surface area contributed by atoms with Crippen LogP contribution >= 0.6 is 15.9 Å². The summed E-state index contributed by atoms with van der Waals surface area (Å²) in [7, 11) is 0. The van der Waals surface area contributed by atoms with E-state index in [1.807, 2.05) is 0 Å². The summed E-state index contributed by atoms with van der Waals surface area (Å²) in [5.41, 5.74) is 0.523. The molecule has 24 heavy (non-hydrogen) atoms. The average Bonchev–Trinajstić information content (AvgIpc) is 2.57. The largest absolute Gasteiger partial charge is 0.463 e. The third-order valence-electron chi connectivity index (χ3n) is 3.31. The van der Waals surface area contributed by atoms with Gasteiger partial charge in [0, 0.05) is 10.5 Å². The Bertz CT molecular complexity index is 1010. The van der Waals surface area contributed by atoms with Crippen LogP contribution in [0.1, 0.15) is 5.56 Å². The van der Waals surface area contributed by atoms with E-state index in [0.717, 1.165) is 6.08 Å². The molecular weight excluding hydrogens is 377 g/mol. The third-order valence-corrected chi connectivity index (χ3v) is 3.80. The van der Waals surface area contributed by atoms with Gasteiger partial charge in [0.1, 0.15) is 17.7 Å². The molecule has 0 fully saturated rings. The van der Waals surface area contributed by atoms with Gasteiger partial charge in [0.15, 0.2) is 5.43 Å². The van der Waals surface area contributed by atoms with Crippen LogP contribution in [-0.2, 0) is 4.79 Å². The van der Waals surface area contributed by atoms with Crippen LogP contribution in [0.3, 0.4) is 0 Å². The minimum Gasteiger partial charge on any atom is -0.463 e. The van der Waals surface area contributed by atoms with Gasteiger partial charge in [-0.25, -0.2) is 4.39 Å². The molecule has 0 unspecified atom stereocenters. The Kier molecular flexibility index (Phi) is 4.57. The molecule has 0 atom stereocenters. The average molecular weight is 388 g/mol. The zero-order valence-corrected chi connectivity index (χ0v) is 13.8. The van der Waals surface area contributed by atoms with Gasteiger partial charge in [-0.1, -0.05) is 28.1 Å². The lowest BCUT2D eigenvalue weighted by molar-refractivity contribution is -0.111. The molecule has 1 N–H and O–H groups in total. The molecule has 120 valence electrons. The van der Waals surface area contributed by atoms with E-state index in [0.29, 0.717) is 15.4 Å². The summed E-state index contributed by atoms with van der Waals surface area (Å²) < 4.78 is 19.6. The molecule has 0 bridgehead atoms. The van der Waals surface area contributed by atoms with Crippen molar-refractivity contribution in [2.45, 2.75) is 0 Å². The number of anilines is 1. The number of benzene rings is 2. The highest BCUT2D eigenvalue weighted by Gasteiger charge is 2.07. The molecule has 3 aromatic rings. The van der Waals surface area contributed by atoms with Crippen LogP contribution in [0.5, 0.6) is 0 Å². The molecule has 0 spiro atoms.